The number of nitrogens with zero attached hydrogens (tertiary/aromatic N) is 4. The van der Waals surface area contributed by atoms with Gasteiger partial charge in [0.05, 0.1) is 17.1 Å². The second kappa shape index (κ2) is 10.2. The molecule has 4 rings (SSSR count). The molecule has 0 bridgehead atoms. The molecule has 0 atom stereocenters. The van der Waals surface area contributed by atoms with Gasteiger partial charge in [0.15, 0.2) is 11.6 Å². The Morgan fingerprint density at radius 2 is 1.76 bits per heavy atom. The van der Waals surface area contributed by atoms with Crippen LogP contribution in [0.1, 0.15) is 15.9 Å². The van der Waals surface area contributed by atoms with Crippen molar-refractivity contribution in [1.29, 1.82) is 0 Å². The van der Waals surface area contributed by atoms with Crippen molar-refractivity contribution >= 4 is 52.3 Å². The third kappa shape index (κ3) is 5.31. The summed E-state index contributed by atoms with van der Waals surface area (Å²) in [5.41, 5.74) is 13.2. The topological polar surface area (TPSA) is 109 Å². The van der Waals surface area contributed by atoms with Crippen LogP contribution in [-0.4, -0.2) is 20.9 Å². The minimum atomic E-state index is -0.470. The molecule has 0 spiro atoms. The van der Waals surface area contributed by atoms with Crippen LogP contribution in [0, 0.1) is 0 Å². The number of carbonyl (C=O) groups excluding carboxylic acids is 1. The van der Waals surface area contributed by atoms with Crippen LogP contribution in [0.15, 0.2) is 79.3 Å². The van der Waals surface area contributed by atoms with E-state index in [1.807, 2.05) is 53.4 Å². The predicted octanol–water partition coefficient (Wildman–Crippen LogP) is 4.86. The maximum atomic E-state index is 12.5. The lowest BCUT2D eigenvalue weighted by atomic mass is 10.2. The van der Waals surface area contributed by atoms with E-state index in [2.05, 4.69) is 25.8 Å². The quantitative estimate of drug-likeness (QED) is 0.324. The van der Waals surface area contributed by atoms with E-state index in [-0.39, 0.29) is 22.1 Å². The number of nitrogen functional groups attached to an aromatic ring is 1. The van der Waals surface area contributed by atoms with Gasteiger partial charge in [-0.25, -0.2) is 15.0 Å². The Hall–Kier alpha value is -3.88. The smallest absolute Gasteiger partial charge is 0.271 e. The number of hydrogen-bond acceptors (Lipinski definition) is 7. The fourth-order valence-corrected chi connectivity index (χ4v) is 3.60. The van der Waals surface area contributed by atoms with Gasteiger partial charge < -0.3 is 10.6 Å². The van der Waals surface area contributed by atoms with Gasteiger partial charge in [0.1, 0.15) is 17.8 Å². The number of carbonyl (C=O) groups is 1. The monoisotopic (exact) mass is 479 g/mol. The lowest BCUT2D eigenvalue weighted by molar-refractivity contribution is 0.0962. The molecular formula is C23H19Cl2N7O. The van der Waals surface area contributed by atoms with E-state index in [1.165, 1.54) is 18.5 Å². The molecule has 0 saturated carbocycles. The van der Waals surface area contributed by atoms with Crippen LogP contribution in [0.3, 0.4) is 0 Å². The van der Waals surface area contributed by atoms with E-state index in [4.69, 9.17) is 28.9 Å². The summed E-state index contributed by atoms with van der Waals surface area (Å²) in [6.45, 7) is 0.477. The molecule has 8 nitrogen and oxygen atoms in total. The van der Waals surface area contributed by atoms with Crippen molar-refractivity contribution < 1.29 is 4.79 Å². The molecule has 0 radical (unpaired) electrons. The summed E-state index contributed by atoms with van der Waals surface area (Å²) >= 11 is 12.0. The lowest BCUT2D eigenvalue weighted by Gasteiger charge is -2.25. The average Bonchev–Trinajstić information content (AvgIpc) is 2.83. The molecule has 166 valence electrons. The number of rotatable bonds is 7. The first-order valence-electron chi connectivity index (χ1n) is 9.87. The molecule has 2 aromatic heterocycles. The molecule has 0 unspecified atom stereocenters. The first-order chi connectivity index (χ1) is 16.0. The summed E-state index contributed by atoms with van der Waals surface area (Å²) in [7, 11) is 0. The van der Waals surface area contributed by atoms with E-state index in [0.717, 1.165) is 5.56 Å². The summed E-state index contributed by atoms with van der Waals surface area (Å²) in [6, 6.07) is 20.0. The highest BCUT2D eigenvalue weighted by Crippen LogP contribution is 2.32. The highest BCUT2D eigenvalue weighted by Gasteiger charge is 2.19. The number of benzene rings is 2. The number of hydrazine groups is 1. The normalized spacial score (nSPS) is 10.5. The number of hydrogen-bond donors (Lipinski definition) is 3. The molecule has 33 heavy (non-hydrogen) atoms. The fourth-order valence-electron chi connectivity index (χ4n) is 3.10. The Kier molecular flexibility index (Phi) is 6.87. The van der Waals surface area contributed by atoms with Gasteiger partial charge in [-0.1, -0.05) is 59.6 Å². The van der Waals surface area contributed by atoms with Crippen LogP contribution in [0.2, 0.25) is 10.0 Å². The molecule has 0 aliphatic rings. The van der Waals surface area contributed by atoms with E-state index >= 15 is 0 Å². The maximum absolute atomic E-state index is 12.5. The Labute approximate surface area is 200 Å². The van der Waals surface area contributed by atoms with Crippen LogP contribution in [0.5, 0.6) is 0 Å². The Morgan fingerprint density at radius 1 is 0.970 bits per heavy atom. The largest absolute Gasteiger partial charge is 0.393 e. The Balaban J connectivity index is 1.60. The van der Waals surface area contributed by atoms with Crippen LogP contribution in [-0.2, 0) is 6.54 Å². The van der Waals surface area contributed by atoms with Gasteiger partial charge in [0.25, 0.3) is 5.91 Å². The standard InChI is InChI=1S/C23H19Cl2N7O/c24-16-9-10-17(18(25)12-16)23(33)31-30-21-20(26)22(29-14-28-21)32(19-8-4-5-11-27-19)13-15-6-2-1-3-7-15/h1-12,14H,13,26H2,(H,31,33)(H,28,29,30). The molecule has 0 aliphatic carbocycles. The van der Waals surface area contributed by atoms with Crippen molar-refractivity contribution in [3.05, 3.63) is 100 Å². The fraction of sp³-hybridized carbons (Fsp3) is 0.0435. The minimum Gasteiger partial charge on any atom is -0.393 e. The molecule has 0 aliphatic heterocycles. The molecule has 0 saturated heterocycles. The van der Waals surface area contributed by atoms with E-state index in [0.29, 0.717) is 23.2 Å². The SMILES string of the molecule is Nc1c(NNC(=O)c2ccc(Cl)cc2Cl)ncnc1N(Cc1ccccc1)c1ccccn1. The van der Waals surface area contributed by atoms with Gasteiger partial charge in [-0.3, -0.25) is 15.6 Å². The Morgan fingerprint density at radius 3 is 2.48 bits per heavy atom. The second-order valence-electron chi connectivity index (χ2n) is 6.92. The van der Waals surface area contributed by atoms with Crippen molar-refractivity contribution in [1.82, 2.24) is 20.4 Å². The molecule has 10 heteroatoms. The number of anilines is 4. The van der Waals surface area contributed by atoms with E-state index in [9.17, 15) is 4.79 Å². The summed E-state index contributed by atoms with van der Waals surface area (Å²) in [5.74, 6) is 0.859. The average molecular weight is 480 g/mol. The Bertz CT molecular complexity index is 1260. The first-order valence-corrected chi connectivity index (χ1v) is 10.6. The summed E-state index contributed by atoms with van der Waals surface area (Å²) in [5, 5.41) is 0.657. The van der Waals surface area contributed by atoms with Gasteiger partial charge in [0, 0.05) is 11.2 Å². The highest BCUT2D eigenvalue weighted by atomic mass is 35.5. The van der Waals surface area contributed by atoms with Gasteiger partial charge in [-0.05, 0) is 35.9 Å². The zero-order valence-corrected chi connectivity index (χ0v) is 18.8. The molecular weight excluding hydrogens is 461 g/mol. The third-order valence-corrected chi connectivity index (χ3v) is 5.25. The van der Waals surface area contributed by atoms with Crippen LogP contribution in [0.4, 0.5) is 23.1 Å². The molecule has 2 aromatic carbocycles. The lowest BCUT2D eigenvalue weighted by Crippen LogP contribution is -2.31. The van der Waals surface area contributed by atoms with Crippen molar-refractivity contribution in [2.24, 2.45) is 0 Å². The highest BCUT2D eigenvalue weighted by molar-refractivity contribution is 6.36. The molecule has 1 amide bonds. The second-order valence-corrected chi connectivity index (χ2v) is 7.77. The van der Waals surface area contributed by atoms with E-state index in [1.54, 1.807) is 12.3 Å². The zero-order valence-electron chi connectivity index (χ0n) is 17.2. The maximum Gasteiger partial charge on any atom is 0.271 e. The van der Waals surface area contributed by atoms with Gasteiger partial charge in [-0.2, -0.15) is 0 Å². The number of nitrogens with one attached hydrogen (secondary N) is 2. The number of amides is 1. The van der Waals surface area contributed by atoms with Crippen LogP contribution in [0.25, 0.3) is 0 Å². The van der Waals surface area contributed by atoms with Crippen molar-refractivity contribution in [3.8, 4) is 0 Å². The summed E-state index contributed by atoms with van der Waals surface area (Å²) in [4.78, 5) is 27.4. The number of nitrogens with two attached hydrogens (primary N) is 1. The van der Waals surface area contributed by atoms with Crippen LogP contribution >= 0.6 is 23.2 Å². The van der Waals surface area contributed by atoms with Gasteiger partial charge in [0.2, 0.25) is 0 Å². The third-order valence-electron chi connectivity index (χ3n) is 4.70. The van der Waals surface area contributed by atoms with Crippen LogP contribution < -0.4 is 21.5 Å². The summed E-state index contributed by atoms with van der Waals surface area (Å²) < 4.78 is 0. The number of aromatic nitrogens is 3. The van der Waals surface area contributed by atoms with Crippen molar-refractivity contribution in [3.63, 3.8) is 0 Å². The van der Waals surface area contributed by atoms with Crippen molar-refractivity contribution in [2.75, 3.05) is 16.1 Å². The minimum absolute atomic E-state index is 0.224. The first kappa shape index (κ1) is 22.3. The van der Waals surface area contributed by atoms with Gasteiger partial charge in [-0.15, -0.1) is 0 Å². The predicted molar refractivity (Wildman–Crippen MR) is 131 cm³/mol. The number of halogens is 2. The molecule has 4 aromatic rings. The summed E-state index contributed by atoms with van der Waals surface area (Å²) in [6.07, 6.45) is 3.05. The van der Waals surface area contributed by atoms with E-state index < -0.39 is 5.91 Å². The molecule has 0 fully saturated rings. The molecule has 4 N–H and O–H groups in total. The zero-order chi connectivity index (χ0) is 23.2. The number of pyridine rings is 1. The molecule has 2 heterocycles. The van der Waals surface area contributed by atoms with Gasteiger partial charge >= 0.3 is 0 Å². The van der Waals surface area contributed by atoms with Crippen molar-refractivity contribution in [2.45, 2.75) is 6.54 Å².